The second-order valence-corrected chi connectivity index (χ2v) is 4.61. The summed E-state index contributed by atoms with van der Waals surface area (Å²) in [6.45, 7) is 0. The van der Waals surface area contributed by atoms with Crippen LogP contribution in [-0.4, -0.2) is 11.1 Å². The topological polar surface area (TPSA) is 46.5 Å². The molecule has 104 valence electrons. The fourth-order valence-electron chi connectivity index (χ4n) is 1.44. The van der Waals surface area contributed by atoms with Gasteiger partial charge in [0.25, 0.3) is 0 Å². The van der Waals surface area contributed by atoms with Crippen LogP contribution in [0.5, 0.6) is 11.5 Å². The van der Waals surface area contributed by atoms with Crippen LogP contribution >= 0.6 is 15.9 Å². The number of hydrogen-bond acceptors (Lipinski definition) is 2. The van der Waals surface area contributed by atoms with Gasteiger partial charge in [0.2, 0.25) is 0 Å². The average molecular weight is 347 g/mol. The number of carboxylic acid groups (broad SMARTS) is 1. The Labute approximate surface area is 119 Å². The third kappa shape index (κ3) is 2.93. The molecular formula is C13H6BrF3O3. The minimum atomic E-state index is -1.46. The summed E-state index contributed by atoms with van der Waals surface area (Å²) in [5, 5.41) is 8.66. The summed E-state index contributed by atoms with van der Waals surface area (Å²) in [5.74, 6) is -5.10. The van der Waals surface area contributed by atoms with Crippen molar-refractivity contribution in [3.05, 3.63) is 57.8 Å². The summed E-state index contributed by atoms with van der Waals surface area (Å²) in [5.41, 5.74) is -0.535. The average Bonchev–Trinajstić information content (AvgIpc) is 2.37. The molecule has 0 saturated heterocycles. The first-order chi connectivity index (χ1) is 9.38. The quantitative estimate of drug-likeness (QED) is 0.898. The van der Waals surface area contributed by atoms with Gasteiger partial charge in [0.05, 0.1) is 10.0 Å². The zero-order valence-corrected chi connectivity index (χ0v) is 11.2. The van der Waals surface area contributed by atoms with Gasteiger partial charge >= 0.3 is 5.97 Å². The Kier molecular flexibility index (Phi) is 3.99. The Morgan fingerprint density at radius 1 is 1.05 bits per heavy atom. The van der Waals surface area contributed by atoms with Gasteiger partial charge in [-0.05, 0) is 46.3 Å². The summed E-state index contributed by atoms with van der Waals surface area (Å²) in [6.07, 6.45) is 0. The Hall–Kier alpha value is -2.02. The second kappa shape index (κ2) is 5.54. The Morgan fingerprint density at radius 2 is 1.65 bits per heavy atom. The van der Waals surface area contributed by atoms with E-state index in [1.54, 1.807) is 0 Å². The van der Waals surface area contributed by atoms with Crippen molar-refractivity contribution < 1.29 is 27.8 Å². The molecule has 0 heterocycles. The first-order valence-corrected chi connectivity index (χ1v) is 6.03. The van der Waals surface area contributed by atoms with Crippen LogP contribution in [-0.2, 0) is 0 Å². The monoisotopic (exact) mass is 346 g/mol. The van der Waals surface area contributed by atoms with Gasteiger partial charge in [-0.15, -0.1) is 0 Å². The van der Waals surface area contributed by atoms with Gasteiger partial charge in [-0.1, -0.05) is 0 Å². The maximum absolute atomic E-state index is 13.6. The lowest BCUT2D eigenvalue weighted by Gasteiger charge is -2.09. The van der Waals surface area contributed by atoms with E-state index in [1.165, 1.54) is 12.1 Å². The molecule has 0 saturated carbocycles. The van der Waals surface area contributed by atoms with E-state index >= 15 is 0 Å². The molecule has 20 heavy (non-hydrogen) atoms. The van der Waals surface area contributed by atoms with Crippen LogP contribution in [0.2, 0.25) is 0 Å². The zero-order chi connectivity index (χ0) is 14.9. The lowest BCUT2D eigenvalue weighted by molar-refractivity contribution is 0.0695. The van der Waals surface area contributed by atoms with Gasteiger partial charge < -0.3 is 9.84 Å². The number of ether oxygens (including phenoxy) is 1. The van der Waals surface area contributed by atoms with Gasteiger partial charge in [0.1, 0.15) is 11.6 Å². The van der Waals surface area contributed by atoms with Gasteiger partial charge in [-0.25, -0.2) is 18.0 Å². The normalized spacial score (nSPS) is 10.4. The molecule has 0 spiro atoms. The van der Waals surface area contributed by atoms with Crippen LogP contribution in [0, 0.1) is 17.5 Å². The number of hydrogen-bond donors (Lipinski definition) is 1. The fourth-order valence-corrected chi connectivity index (χ4v) is 1.80. The van der Waals surface area contributed by atoms with E-state index in [-0.39, 0.29) is 10.2 Å². The molecule has 7 heteroatoms. The summed E-state index contributed by atoms with van der Waals surface area (Å²) in [7, 11) is 0. The first kappa shape index (κ1) is 14.4. The van der Waals surface area contributed by atoms with Crippen LogP contribution in [0.1, 0.15) is 10.4 Å². The van der Waals surface area contributed by atoms with E-state index in [1.807, 2.05) is 0 Å². The van der Waals surface area contributed by atoms with E-state index < -0.39 is 34.7 Å². The van der Waals surface area contributed by atoms with E-state index in [2.05, 4.69) is 15.9 Å². The van der Waals surface area contributed by atoms with Gasteiger partial charge in [0.15, 0.2) is 17.4 Å². The number of halogens is 4. The SMILES string of the molecule is O=C(O)c1cc(F)c(Oc2ccc(F)c(Br)c2)c(F)c1. The largest absolute Gasteiger partial charge is 0.478 e. The molecule has 0 aliphatic carbocycles. The van der Waals surface area contributed by atoms with Crippen LogP contribution < -0.4 is 4.74 Å². The van der Waals surface area contributed by atoms with Crippen molar-refractivity contribution in [1.82, 2.24) is 0 Å². The molecular weight excluding hydrogens is 341 g/mol. The Morgan fingerprint density at radius 3 is 2.15 bits per heavy atom. The Balaban J connectivity index is 2.38. The van der Waals surface area contributed by atoms with E-state index in [9.17, 15) is 18.0 Å². The summed E-state index contributed by atoms with van der Waals surface area (Å²) < 4.78 is 45.3. The highest BCUT2D eigenvalue weighted by Gasteiger charge is 2.17. The highest BCUT2D eigenvalue weighted by atomic mass is 79.9. The van der Waals surface area contributed by atoms with E-state index in [0.717, 1.165) is 6.07 Å². The molecule has 2 aromatic carbocycles. The van der Waals surface area contributed by atoms with Gasteiger partial charge in [0, 0.05) is 0 Å². The lowest BCUT2D eigenvalue weighted by Crippen LogP contribution is -2.01. The van der Waals surface area contributed by atoms with Crippen molar-refractivity contribution >= 4 is 21.9 Å². The molecule has 0 amide bonds. The molecule has 0 radical (unpaired) electrons. The molecule has 0 aliphatic heterocycles. The molecule has 2 rings (SSSR count). The van der Waals surface area contributed by atoms with Gasteiger partial charge in [-0.2, -0.15) is 0 Å². The molecule has 0 fully saturated rings. The number of benzene rings is 2. The molecule has 0 aromatic heterocycles. The number of rotatable bonds is 3. The van der Waals surface area contributed by atoms with Crippen molar-refractivity contribution in [2.24, 2.45) is 0 Å². The highest BCUT2D eigenvalue weighted by Crippen LogP contribution is 2.30. The summed E-state index contributed by atoms with van der Waals surface area (Å²) in [6, 6.07) is 4.71. The van der Waals surface area contributed by atoms with Crippen LogP contribution in [0.4, 0.5) is 13.2 Å². The minimum absolute atomic E-state index is 0.000787. The molecule has 0 atom stereocenters. The summed E-state index contributed by atoms with van der Waals surface area (Å²) in [4.78, 5) is 10.6. The van der Waals surface area contributed by atoms with Gasteiger partial charge in [-0.3, -0.25) is 0 Å². The number of aromatic carboxylic acids is 1. The zero-order valence-electron chi connectivity index (χ0n) is 9.66. The lowest BCUT2D eigenvalue weighted by atomic mass is 10.2. The molecule has 0 bridgehead atoms. The standard InChI is InChI=1S/C13H6BrF3O3/c14-8-5-7(1-2-9(8)15)20-12-10(16)3-6(13(18)19)4-11(12)17/h1-5H,(H,18,19). The number of carbonyl (C=O) groups is 1. The van der Waals surface area contributed by atoms with Crippen molar-refractivity contribution in [3.63, 3.8) is 0 Å². The third-order valence-electron chi connectivity index (χ3n) is 2.36. The number of carboxylic acids is 1. The second-order valence-electron chi connectivity index (χ2n) is 3.75. The molecule has 1 N–H and O–H groups in total. The Bertz CT molecular complexity index is 666. The van der Waals surface area contributed by atoms with Crippen molar-refractivity contribution in [2.45, 2.75) is 0 Å². The van der Waals surface area contributed by atoms with Crippen molar-refractivity contribution in [1.29, 1.82) is 0 Å². The first-order valence-electron chi connectivity index (χ1n) is 5.23. The predicted molar refractivity (Wildman–Crippen MR) is 67.5 cm³/mol. The van der Waals surface area contributed by atoms with Crippen molar-refractivity contribution in [3.8, 4) is 11.5 Å². The minimum Gasteiger partial charge on any atom is -0.478 e. The fraction of sp³-hybridized carbons (Fsp3) is 0. The predicted octanol–water partition coefficient (Wildman–Crippen LogP) is 4.36. The maximum Gasteiger partial charge on any atom is 0.335 e. The molecule has 0 aliphatic rings. The van der Waals surface area contributed by atoms with Crippen LogP contribution in [0.3, 0.4) is 0 Å². The summed E-state index contributed by atoms with van der Waals surface area (Å²) >= 11 is 2.91. The van der Waals surface area contributed by atoms with E-state index in [4.69, 9.17) is 9.84 Å². The molecule has 2 aromatic rings. The maximum atomic E-state index is 13.6. The smallest absolute Gasteiger partial charge is 0.335 e. The highest BCUT2D eigenvalue weighted by molar-refractivity contribution is 9.10. The van der Waals surface area contributed by atoms with Crippen LogP contribution in [0.15, 0.2) is 34.8 Å². The van der Waals surface area contributed by atoms with E-state index in [0.29, 0.717) is 12.1 Å². The third-order valence-corrected chi connectivity index (χ3v) is 2.96. The molecule has 3 nitrogen and oxygen atoms in total. The van der Waals surface area contributed by atoms with Crippen molar-refractivity contribution in [2.75, 3.05) is 0 Å². The molecule has 0 unspecified atom stereocenters. The van der Waals surface area contributed by atoms with Crippen LogP contribution in [0.25, 0.3) is 0 Å².